The van der Waals surface area contributed by atoms with Crippen LogP contribution in [0.25, 0.3) is 10.9 Å². The van der Waals surface area contributed by atoms with E-state index in [4.69, 9.17) is 4.52 Å². The number of benzene rings is 1. The van der Waals surface area contributed by atoms with E-state index < -0.39 is 0 Å². The first-order chi connectivity index (χ1) is 12.1. The summed E-state index contributed by atoms with van der Waals surface area (Å²) in [5, 5.41) is 5.17. The van der Waals surface area contributed by atoms with E-state index in [1.54, 1.807) is 0 Å². The van der Waals surface area contributed by atoms with E-state index in [1.807, 2.05) is 17.9 Å². The van der Waals surface area contributed by atoms with Crippen molar-refractivity contribution in [1.82, 2.24) is 20.0 Å². The smallest absolute Gasteiger partial charge is 0.270 e. The van der Waals surface area contributed by atoms with E-state index in [0.717, 1.165) is 23.7 Å². The number of aromatic nitrogens is 3. The molecular formula is C19H22N4O2. The van der Waals surface area contributed by atoms with Gasteiger partial charge in [-0.15, -0.1) is 0 Å². The third-order valence-corrected chi connectivity index (χ3v) is 4.92. The summed E-state index contributed by atoms with van der Waals surface area (Å²) in [6.45, 7) is 6.82. The lowest BCUT2D eigenvalue weighted by atomic mass is 10.1. The lowest BCUT2D eigenvalue weighted by Crippen LogP contribution is -2.31. The fourth-order valence-electron chi connectivity index (χ4n) is 3.69. The van der Waals surface area contributed by atoms with Crippen LogP contribution in [0.15, 0.2) is 22.7 Å². The van der Waals surface area contributed by atoms with Gasteiger partial charge in [0, 0.05) is 23.9 Å². The molecule has 1 aromatic carbocycles. The van der Waals surface area contributed by atoms with Crippen molar-refractivity contribution >= 4 is 16.8 Å². The SMILES string of the molecule is CCc1nc([C@@H]2CCCN2C(=O)c2cc3c(C)cc(C)cc3[nH]2)no1. The van der Waals surface area contributed by atoms with Crippen LogP contribution in [0.1, 0.15) is 59.1 Å². The second-order valence-corrected chi connectivity index (χ2v) is 6.78. The Morgan fingerprint density at radius 1 is 1.36 bits per heavy atom. The van der Waals surface area contributed by atoms with Gasteiger partial charge in [0.05, 0.1) is 6.04 Å². The molecule has 1 fully saturated rings. The Labute approximate surface area is 146 Å². The summed E-state index contributed by atoms with van der Waals surface area (Å²) in [5.41, 5.74) is 3.98. The topological polar surface area (TPSA) is 75.0 Å². The number of likely N-dealkylation sites (tertiary alicyclic amines) is 1. The van der Waals surface area contributed by atoms with Crippen molar-refractivity contribution in [2.24, 2.45) is 0 Å². The average molecular weight is 338 g/mol. The second-order valence-electron chi connectivity index (χ2n) is 6.78. The number of amides is 1. The number of nitrogens with zero attached hydrogens (tertiary/aromatic N) is 3. The number of nitrogens with one attached hydrogen (secondary N) is 1. The standard InChI is InChI=1S/C19H22N4O2/c1-4-17-21-18(22-25-17)16-6-5-7-23(16)19(24)15-10-13-12(3)8-11(2)9-14(13)20-15/h8-10,16,20H,4-7H2,1-3H3/t16-/m0/s1. The molecule has 0 unspecified atom stereocenters. The van der Waals surface area contributed by atoms with Gasteiger partial charge in [-0.2, -0.15) is 4.98 Å². The Kier molecular flexibility index (Phi) is 3.82. The molecule has 0 radical (unpaired) electrons. The molecule has 6 heteroatoms. The number of hydrogen-bond donors (Lipinski definition) is 1. The lowest BCUT2D eigenvalue weighted by molar-refractivity contribution is 0.0723. The van der Waals surface area contributed by atoms with Crippen LogP contribution < -0.4 is 0 Å². The molecule has 130 valence electrons. The summed E-state index contributed by atoms with van der Waals surface area (Å²) in [5.74, 6) is 1.23. The second kappa shape index (κ2) is 6.02. The molecular weight excluding hydrogens is 316 g/mol. The maximum Gasteiger partial charge on any atom is 0.270 e. The van der Waals surface area contributed by atoms with Crippen molar-refractivity contribution in [2.45, 2.75) is 46.1 Å². The average Bonchev–Trinajstić information content (AvgIpc) is 3.31. The predicted molar refractivity (Wildman–Crippen MR) is 94.5 cm³/mol. The number of carbonyl (C=O) groups is 1. The van der Waals surface area contributed by atoms with E-state index in [1.165, 1.54) is 11.1 Å². The van der Waals surface area contributed by atoms with Crippen molar-refractivity contribution in [1.29, 1.82) is 0 Å². The van der Waals surface area contributed by atoms with E-state index in [0.29, 0.717) is 30.4 Å². The first-order valence-corrected chi connectivity index (χ1v) is 8.80. The Bertz CT molecular complexity index is 940. The molecule has 25 heavy (non-hydrogen) atoms. The predicted octanol–water partition coefficient (Wildman–Crippen LogP) is 3.71. The highest BCUT2D eigenvalue weighted by molar-refractivity contribution is 5.99. The van der Waals surface area contributed by atoms with E-state index in [2.05, 4.69) is 41.1 Å². The summed E-state index contributed by atoms with van der Waals surface area (Å²) in [6, 6.07) is 6.06. The third-order valence-electron chi connectivity index (χ3n) is 4.92. The Morgan fingerprint density at radius 2 is 2.20 bits per heavy atom. The van der Waals surface area contributed by atoms with E-state index in [-0.39, 0.29) is 11.9 Å². The van der Waals surface area contributed by atoms with Gasteiger partial charge in [-0.25, -0.2) is 0 Å². The summed E-state index contributed by atoms with van der Waals surface area (Å²) in [6.07, 6.45) is 2.52. The lowest BCUT2D eigenvalue weighted by Gasteiger charge is -2.21. The molecule has 3 heterocycles. The molecule has 1 aliphatic heterocycles. The normalized spacial score (nSPS) is 17.6. The number of aryl methyl sites for hydroxylation is 3. The monoisotopic (exact) mass is 338 g/mol. The number of H-pyrrole nitrogens is 1. The van der Waals surface area contributed by atoms with E-state index in [9.17, 15) is 4.79 Å². The van der Waals surface area contributed by atoms with Crippen molar-refractivity contribution in [3.8, 4) is 0 Å². The fourth-order valence-corrected chi connectivity index (χ4v) is 3.69. The molecule has 1 amide bonds. The van der Waals surface area contributed by atoms with Crippen LogP contribution in [0.2, 0.25) is 0 Å². The van der Waals surface area contributed by atoms with Crippen LogP contribution in [0.4, 0.5) is 0 Å². The van der Waals surface area contributed by atoms with Crippen LogP contribution in [0, 0.1) is 13.8 Å². The quantitative estimate of drug-likeness (QED) is 0.790. The molecule has 0 saturated carbocycles. The highest BCUT2D eigenvalue weighted by Gasteiger charge is 2.34. The molecule has 1 aliphatic rings. The fraction of sp³-hybridized carbons (Fsp3) is 0.421. The molecule has 1 saturated heterocycles. The van der Waals surface area contributed by atoms with Gasteiger partial charge >= 0.3 is 0 Å². The highest BCUT2D eigenvalue weighted by atomic mass is 16.5. The number of aromatic amines is 1. The van der Waals surface area contributed by atoms with Crippen molar-refractivity contribution in [2.75, 3.05) is 6.54 Å². The zero-order valence-electron chi connectivity index (χ0n) is 14.8. The minimum atomic E-state index is -0.106. The van der Waals surface area contributed by atoms with Crippen LogP contribution in [0.5, 0.6) is 0 Å². The van der Waals surface area contributed by atoms with Gasteiger partial charge in [0.25, 0.3) is 5.91 Å². The van der Waals surface area contributed by atoms with Crippen LogP contribution in [0.3, 0.4) is 0 Å². The van der Waals surface area contributed by atoms with Gasteiger partial charge in [-0.1, -0.05) is 18.1 Å². The van der Waals surface area contributed by atoms with Crippen LogP contribution in [-0.2, 0) is 6.42 Å². The molecule has 0 spiro atoms. The molecule has 0 bridgehead atoms. The molecule has 4 rings (SSSR count). The molecule has 0 aliphatic carbocycles. The van der Waals surface area contributed by atoms with Gasteiger partial charge in [-0.05, 0) is 49.9 Å². The first-order valence-electron chi connectivity index (χ1n) is 8.80. The van der Waals surface area contributed by atoms with Crippen LogP contribution in [-0.4, -0.2) is 32.5 Å². The summed E-state index contributed by atoms with van der Waals surface area (Å²) < 4.78 is 5.23. The molecule has 1 N–H and O–H groups in total. The Hall–Kier alpha value is -2.63. The maximum absolute atomic E-state index is 13.1. The maximum atomic E-state index is 13.1. The largest absolute Gasteiger partial charge is 0.351 e. The highest BCUT2D eigenvalue weighted by Crippen LogP contribution is 2.32. The van der Waals surface area contributed by atoms with Gasteiger partial charge < -0.3 is 14.4 Å². The summed E-state index contributed by atoms with van der Waals surface area (Å²) in [4.78, 5) is 22.7. The van der Waals surface area contributed by atoms with Gasteiger partial charge in [0.1, 0.15) is 5.69 Å². The minimum Gasteiger partial charge on any atom is -0.351 e. The number of hydrogen-bond acceptors (Lipinski definition) is 4. The number of fused-ring (bicyclic) bond motifs is 1. The molecule has 2 aromatic heterocycles. The van der Waals surface area contributed by atoms with Crippen LogP contribution >= 0.6 is 0 Å². The molecule has 6 nitrogen and oxygen atoms in total. The Morgan fingerprint density at radius 3 is 2.96 bits per heavy atom. The van der Waals surface area contributed by atoms with Crippen molar-refractivity contribution in [3.63, 3.8) is 0 Å². The Balaban J connectivity index is 1.66. The van der Waals surface area contributed by atoms with Gasteiger partial charge in [0.2, 0.25) is 5.89 Å². The van der Waals surface area contributed by atoms with Crippen molar-refractivity contribution in [3.05, 3.63) is 46.7 Å². The number of rotatable bonds is 3. The molecule has 1 atom stereocenters. The summed E-state index contributed by atoms with van der Waals surface area (Å²) >= 11 is 0. The van der Waals surface area contributed by atoms with Crippen molar-refractivity contribution < 1.29 is 9.32 Å². The van der Waals surface area contributed by atoms with Gasteiger partial charge in [-0.3, -0.25) is 4.79 Å². The molecule has 3 aromatic rings. The van der Waals surface area contributed by atoms with Gasteiger partial charge in [0.15, 0.2) is 5.82 Å². The van der Waals surface area contributed by atoms with E-state index >= 15 is 0 Å². The zero-order valence-corrected chi connectivity index (χ0v) is 14.8. The minimum absolute atomic E-state index is 0.00129. The third kappa shape index (κ3) is 2.71. The first kappa shape index (κ1) is 15.9. The number of carbonyl (C=O) groups excluding carboxylic acids is 1. The summed E-state index contributed by atoms with van der Waals surface area (Å²) in [7, 11) is 0. The zero-order chi connectivity index (χ0) is 17.6.